The largest absolute Gasteiger partial charge is 0.469 e. The normalized spacial score (nSPS) is 18.8. The Morgan fingerprint density at radius 3 is 2.38 bits per heavy atom. The Balaban J connectivity index is 2.15. The minimum Gasteiger partial charge on any atom is -0.469 e. The van der Waals surface area contributed by atoms with Gasteiger partial charge < -0.3 is 19.2 Å². The average molecular weight is 395 g/mol. The number of nitrogens with one attached hydrogen (secondary N) is 1. The maximum atomic E-state index is 13.0. The number of carbonyl (C=O) groups is 2. The highest BCUT2D eigenvalue weighted by Crippen LogP contribution is 2.43. The fraction of sp³-hybridized carbons (Fsp3) is 0.304. The molecule has 6 nitrogen and oxygen atoms in total. The molecule has 1 heterocycles. The summed E-state index contributed by atoms with van der Waals surface area (Å²) >= 11 is 0. The highest BCUT2D eigenvalue weighted by atomic mass is 16.5. The highest BCUT2D eigenvalue weighted by Gasteiger charge is 2.43. The van der Waals surface area contributed by atoms with Crippen molar-refractivity contribution in [3.63, 3.8) is 0 Å². The molecule has 29 heavy (non-hydrogen) atoms. The van der Waals surface area contributed by atoms with Crippen LogP contribution < -0.4 is 5.32 Å². The molecule has 0 spiro atoms. The van der Waals surface area contributed by atoms with Crippen LogP contribution in [0.5, 0.6) is 0 Å². The van der Waals surface area contributed by atoms with E-state index in [4.69, 9.17) is 13.9 Å². The summed E-state index contributed by atoms with van der Waals surface area (Å²) in [6, 6.07) is 13.0. The van der Waals surface area contributed by atoms with Crippen molar-refractivity contribution in [2.24, 2.45) is 5.92 Å². The third-order valence-electron chi connectivity index (χ3n) is 4.74. The predicted molar refractivity (Wildman–Crippen MR) is 109 cm³/mol. The molecule has 152 valence electrons. The average Bonchev–Trinajstić information content (AvgIpc) is 3.23. The zero-order valence-electron chi connectivity index (χ0n) is 16.8. The summed E-state index contributed by atoms with van der Waals surface area (Å²) in [5.74, 6) is -1.72. The van der Waals surface area contributed by atoms with Crippen molar-refractivity contribution >= 4 is 17.6 Å². The van der Waals surface area contributed by atoms with E-state index in [2.05, 4.69) is 5.32 Å². The fourth-order valence-electron chi connectivity index (χ4n) is 3.55. The van der Waals surface area contributed by atoms with Gasteiger partial charge in [-0.15, -0.1) is 0 Å². The molecular weight excluding hydrogens is 370 g/mol. The third-order valence-corrected chi connectivity index (χ3v) is 4.74. The molecule has 0 fully saturated rings. The van der Waals surface area contributed by atoms with E-state index >= 15 is 0 Å². The van der Waals surface area contributed by atoms with Crippen LogP contribution in [0.25, 0.3) is 0 Å². The van der Waals surface area contributed by atoms with Gasteiger partial charge in [0.25, 0.3) is 0 Å². The highest BCUT2D eigenvalue weighted by molar-refractivity contribution is 5.95. The zero-order chi connectivity index (χ0) is 20.8. The van der Waals surface area contributed by atoms with Crippen molar-refractivity contribution in [1.82, 2.24) is 0 Å². The summed E-state index contributed by atoms with van der Waals surface area (Å²) in [6.07, 6.45) is 3.33. The molecule has 0 saturated carbocycles. The molecule has 3 rings (SSSR count). The van der Waals surface area contributed by atoms with Crippen LogP contribution in [0.3, 0.4) is 0 Å². The summed E-state index contributed by atoms with van der Waals surface area (Å²) < 4.78 is 16.3. The van der Waals surface area contributed by atoms with Crippen molar-refractivity contribution in [2.45, 2.75) is 26.7 Å². The molecule has 0 radical (unpaired) electrons. The van der Waals surface area contributed by atoms with Gasteiger partial charge in [0, 0.05) is 11.4 Å². The molecule has 0 saturated heterocycles. The van der Waals surface area contributed by atoms with Gasteiger partial charge in [0.2, 0.25) is 0 Å². The van der Waals surface area contributed by atoms with Gasteiger partial charge in [-0.3, -0.25) is 4.79 Å². The topological polar surface area (TPSA) is 77.8 Å². The lowest BCUT2D eigenvalue weighted by atomic mass is 9.75. The van der Waals surface area contributed by atoms with E-state index in [1.54, 1.807) is 32.1 Å². The van der Waals surface area contributed by atoms with Crippen molar-refractivity contribution in [3.05, 3.63) is 77.4 Å². The van der Waals surface area contributed by atoms with Gasteiger partial charge in [-0.25, -0.2) is 4.79 Å². The van der Waals surface area contributed by atoms with E-state index in [0.717, 1.165) is 11.3 Å². The van der Waals surface area contributed by atoms with E-state index in [0.29, 0.717) is 17.0 Å². The Morgan fingerprint density at radius 2 is 1.76 bits per heavy atom. The predicted octanol–water partition coefficient (Wildman–Crippen LogP) is 4.43. The molecule has 1 N–H and O–H groups in total. The molecule has 0 aliphatic heterocycles. The van der Waals surface area contributed by atoms with E-state index in [-0.39, 0.29) is 13.2 Å². The number of hydrogen-bond donors (Lipinski definition) is 1. The maximum Gasteiger partial charge on any atom is 0.336 e. The van der Waals surface area contributed by atoms with Crippen LogP contribution in [0.15, 0.2) is 76.1 Å². The lowest BCUT2D eigenvalue weighted by molar-refractivity contribution is -0.147. The summed E-state index contributed by atoms with van der Waals surface area (Å²) in [7, 11) is 0. The first-order valence-corrected chi connectivity index (χ1v) is 9.68. The van der Waals surface area contributed by atoms with Gasteiger partial charge in [0.05, 0.1) is 36.9 Å². The molecule has 1 aromatic carbocycles. The minimum absolute atomic E-state index is 0.221. The molecule has 6 heteroatoms. The van der Waals surface area contributed by atoms with Crippen LogP contribution in [-0.2, 0) is 19.1 Å². The Kier molecular flexibility index (Phi) is 6.54. The number of furan rings is 1. The molecule has 0 amide bonds. The molecular formula is C23H25NO5. The van der Waals surface area contributed by atoms with Crippen LogP contribution in [0.2, 0.25) is 0 Å². The lowest BCUT2D eigenvalue weighted by Crippen LogP contribution is -2.33. The third kappa shape index (κ3) is 4.42. The summed E-state index contributed by atoms with van der Waals surface area (Å²) in [6.45, 7) is 5.83. The molecule has 1 aliphatic rings. The van der Waals surface area contributed by atoms with Crippen LogP contribution in [-0.4, -0.2) is 25.2 Å². The molecule has 1 aromatic heterocycles. The van der Waals surface area contributed by atoms with Gasteiger partial charge in [-0.05, 0) is 51.1 Å². The van der Waals surface area contributed by atoms with Crippen molar-refractivity contribution < 1.29 is 23.5 Å². The summed E-state index contributed by atoms with van der Waals surface area (Å²) in [5, 5.41) is 3.29. The van der Waals surface area contributed by atoms with Gasteiger partial charge in [-0.1, -0.05) is 23.8 Å². The van der Waals surface area contributed by atoms with Gasteiger partial charge >= 0.3 is 11.9 Å². The summed E-state index contributed by atoms with van der Waals surface area (Å²) in [5.41, 5.74) is 2.51. The van der Waals surface area contributed by atoms with Gasteiger partial charge in [0.1, 0.15) is 5.76 Å². The van der Waals surface area contributed by atoms with Crippen molar-refractivity contribution in [1.29, 1.82) is 0 Å². The number of carbonyl (C=O) groups excluding carboxylic acids is 2. The molecule has 2 aromatic rings. The second-order valence-corrected chi connectivity index (χ2v) is 6.65. The maximum absolute atomic E-state index is 13.0. The fourth-order valence-corrected chi connectivity index (χ4v) is 3.55. The van der Waals surface area contributed by atoms with Crippen LogP contribution in [0.1, 0.15) is 32.4 Å². The van der Waals surface area contributed by atoms with Crippen LogP contribution in [0.4, 0.5) is 5.69 Å². The van der Waals surface area contributed by atoms with Gasteiger partial charge in [-0.2, -0.15) is 0 Å². The Hall–Kier alpha value is -3.28. The first-order valence-electron chi connectivity index (χ1n) is 9.68. The van der Waals surface area contributed by atoms with E-state index < -0.39 is 23.8 Å². The molecule has 2 atom stereocenters. The van der Waals surface area contributed by atoms with E-state index in [9.17, 15) is 9.59 Å². The SMILES string of the molecule is CCOC(=O)C1=C(Nc2ccccc2)C=C(C)[C@H](C(=O)OCC)[C@@H]1c1ccco1. The smallest absolute Gasteiger partial charge is 0.336 e. The number of hydrogen-bond acceptors (Lipinski definition) is 6. The van der Waals surface area contributed by atoms with Gasteiger partial charge in [0.15, 0.2) is 0 Å². The Morgan fingerprint density at radius 1 is 1.03 bits per heavy atom. The number of ether oxygens (including phenoxy) is 2. The molecule has 0 unspecified atom stereocenters. The quantitative estimate of drug-likeness (QED) is 0.699. The lowest BCUT2D eigenvalue weighted by Gasteiger charge is -2.31. The van der Waals surface area contributed by atoms with E-state index in [1.807, 2.05) is 37.3 Å². The number of allylic oxidation sites excluding steroid dienone is 1. The van der Waals surface area contributed by atoms with Crippen molar-refractivity contribution in [3.8, 4) is 0 Å². The van der Waals surface area contributed by atoms with Crippen LogP contribution in [0, 0.1) is 5.92 Å². The summed E-state index contributed by atoms with van der Waals surface area (Å²) in [4.78, 5) is 25.8. The van der Waals surface area contributed by atoms with E-state index in [1.165, 1.54) is 6.26 Å². The number of benzene rings is 1. The first kappa shape index (κ1) is 20.5. The standard InChI is InChI=1S/C23H25NO5/c1-4-27-22(25)19-15(3)14-17(24-16-10-7-6-8-11-16)20(23(26)28-5-2)21(19)18-12-9-13-29-18/h6-14,19,21,24H,4-5H2,1-3H3/t19-,21-/m0/s1. The molecule has 0 bridgehead atoms. The minimum atomic E-state index is -0.679. The first-order chi connectivity index (χ1) is 14.1. The second kappa shape index (κ2) is 9.28. The van der Waals surface area contributed by atoms with Crippen LogP contribution >= 0.6 is 0 Å². The van der Waals surface area contributed by atoms with Crippen molar-refractivity contribution in [2.75, 3.05) is 18.5 Å². The molecule has 1 aliphatic carbocycles. The Bertz CT molecular complexity index is 912. The monoisotopic (exact) mass is 395 g/mol. The number of anilines is 1. The number of rotatable bonds is 7. The Labute approximate surface area is 170 Å². The number of esters is 2. The number of para-hydroxylation sites is 1. The zero-order valence-corrected chi connectivity index (χ0v) is 16.8. The second-order valence-electron chi connectivity index (χ2n) is 6.65.